The molecule has 2 nitrogen and oxygen atoms in total. The first-order chi connectivity index (χ1) is 11.0. The normalized spacial score (nSPS) is 57.3. The molecule has 0 radical (unpaired) electrons. The SMILES string of the molecule is C[C@]12CC[C@H](O)C=C1C=C[C@H]1[C@H]2CC[C@@]2(C)[C@@H]1CC[C@@]21CCO1. The van der Waals surface area contributed by atoms with Crippen molar-refractivity contribution < 1.29 is 9.84 Å². The fraction of sp³-hybridized carbons (Fsp3) is 0.810. The van der Waals surface area contributed by atoms with E-state index in [9.17, 15) is 5.11 Å². The molecular formula is C21H30O2. The molecule has 1 N–H and O–H groups in total. The van der Waals surface area contributed by atoms with Crippen molar-refractivity contribution >= 4 is 0 Å². The first kappa shape index (κ1) is 14.7. The van der Waals surface area contributed by atoms with Gasteiger partial charge in [0.1, 0.15) is 0 Å². The van der Waals surface area contributed by atoms with Crippen LogP contribution in [0.25, 0.3) is 0 Å². The first-order valence-corrected chi connectivity index (χ1v) is 9.71. The third-order valence-electron chi connectivity index (χ3n) is 8.81. The molecule has 5 aliphatic rings. The predicted octanol–water partition coefficient (Wildman–Crippen LogP) is 4.25. The molecule has 0 aromatic rings. The summed E-state index contributed by atoms with van der Waals surface area (Å²) in [6, 6.07) is 0. The van der Waals surface area contributed by atoms with Gasteiger partial charge in [-0.1, -0.05) is 32.1 Å². The van der Waals surface area contributed by atoms with Crippen molar-refractivity contribution in [3.8, 4) is 0 Å². The molecule has 5 rings (SSSR count). The second-order valence-electron chi connectivity index (χ2n) is 9.38. The quantitative estimate of drug-likeness (QED) is 0.724. The van der Waals surface area contributed by atoms with Crippen molar-refractivity contribution in [1.82, 2.24) is 0 Å². The molecule has 7 atom stereocenters. The van der Waals surface area contributed by atoms with Gasteiger partial charge in [0.2, 0.25) is 0 Å². The Morgan fingerprint density at radius 3 is 2.57 bits per heavy atom. The molecule has 1 saturated heterocycles. The lowest BCUT2D eigenvalue weighted by atomic mass is 9.47. The van der Waals surface area contributed by atoms with Gasteiger partial charge in [0.05, 0.1) is 18.3 Å². The van der Waals surface area contributed by atoms with Gasteiger partial charge in [-0.15, -0.1) is 0 Å². The van der Waals surface area contributed by atoms with Crippen molar-refractivity contribution in [1.29, 1.82) is 0 Å². The summed E-state index contributed by atoms with van der Waals surface area (Å²) in [5.74, 6) is 2.28. The van der Waals surface area contributed by atoms with Crippen molar-refractivity contribution in [2.24, 2.45) is 28.6 Å². The summed E-state index contributed by atoms with van der Waals surface area (Å²) in [5.41, 5.74) is 2.31. The third-order valence-corrected chi connectivity index (χ3v) is 8.81. The van der Waals surface area contributed by atoms with E-state index in [2.05, 4.69) is 32.1 Å². The molecule has 0 aromatic heterocycles. The lowest BCUT2D eigenvalue weighted by Gasteiger charge is -2.60. The summed E-state index contributed by atoms with van der Waals surface area (Å²) in [5, 5.41) is 10.0. The van der Waals surface area contributed by atoms with Gasteiger partial charge in [0.15, 0.2) is 0 Å². The number of ether oxygens (including phenoxy) is 1. The van der Waals surface area contributed by atoms with Crippen LogP contribution in [0.3, 0.4) is 0 Å². The number of aliphatic hydroxyl groups excluding tert-OH is 1. The van der Waals surface area contributed by atoms with Crippen LogP contribution in [0.15, 0.2) is 23.8 Å². The number of allylic oxidation sites excluding steroid dienone is 3. The minimum Gasteiger partial charge on any atom is -0.389 e. The average Bonchev–Trinajstić information content (AvgIpc) is 2.81. The maximum absolute atomic E-state index is 10.0. The maximum atomic E-state index is 10.0. The van der Waals surface area contributed by atoms with Gasteiger partial charge in [-0.25, -0.2) is 0 Å². The average molecular weight is 314 g/mol. The van der Waals surface area contributed by atoms with Crippen molar-refractivity contribution in [2.45, 2.75) is 70.5 Å². The molecule has 0 bridgehead atoms. The van der Waals surface area contributed by atoms with E-state index >= 15 is 0 Å². The van der Waals surface area contributed by atoms with E-state index in [0.717, 1.165) is 37.2 Å². The molecular weight excluding hydrogens is 284 g/mol. The summed E-state index contributed by atoms with van der Waals surface area (Å²) in [4.78, 5) is 0. The number of aliphatic hydroxyl groups is 1. The fourth-order valence-corrected chi connectivity index (χ4v) is 7.23. The smallest absolute Gasteiger partial charge is 0.0760 e. The Morgan fingerprint density at radius 1 is 1.04 bits per heavy atom. The zero-order chi connectivity index (χ0) is 15.9. The minimum atomic E-state index is -0.230. The number of rotatable bonds is 0. The Morgan fingerprint density at radius 2 is 1.83 bits per heavy atom. The van der Waals surface area contributed by atoms with Crippen LogP contribution in [0, 0.1) is 28.6 Å². The highest BCUT2D eigenvalue weighted by molar-refractivity contribution is 5.36. The summed E-state index contributed by atoms with van der Waals surface area (Å²) >= 11 is 0. The van der Waals surface area contributed by atoms with E-state index in [-0.39, 0.29) is 17.1 Å². The van der Waals surface area contributed by atoms with Crippen LogP contribution in [0.4, 0.5) is 0 Å². The van der Waals surface area contributed by atoms with Crippen LogP contribution in [0.1, 0.15) is 58.8 Å². The van der Waals surface area contributed by atoms with E-state index < -0.39 is 0 Å². The number of fused-ring (bicyclic) bond motifs is 6. The van der Waals surface area contributed by atoms with Crippen molar-refractivity contribution in [3.63, 3.8) is 0 Å². The standard InChI is InChI=1S/C21H30O2/c1-19-8-5-15(22)13-14(19)3-4-16-17(19)6-9-20(2)18(16)7-10-21(20)11-12-23-21/h3-4,13,15-18,22H,5-12H2,1-2H3/t15-,16-,17+,18+,19-,20-,21+/m0/s1. The highest BCUT2D eigenvalue weighted by atomic mass is 16.5. The third kappa shape index (κ3) is 1.67. The van der Waals surface area contributed by atoms with Crippen LogP contribution < -0.4 is 0 Å². The van der Waals surface area contributed by atoms with E-state index in [0.29, 0.717) is 5.41 Å². The molecule has 1 heterocycles. The molecule has 23 heavy (non-hydrogen) atoms. The van der Waals surface area contributed by atoms with Crippen LogP contribution in [-0.2, 0) is 4.74 Å². The predicted molar refractivity (Wildman–Crippen MR) is 90.9 cm³/mol. The Balaban J connectivity index is 1.54. The Hall–Kier alpha value is -0.600. The molecule has 0 unspecified atom stereocenters. The Labute approximate surface area is 140 Å². The van der Waals surface area contributed by atoms with Crippen molar-refractivity contribution in [3.05, 3.63) is 23.8 Å². The van der Waals surface area contributed by atoms with Gasteiger partial charge in [-0.3, -0.25) is 0 Å². The first-order valence-electron chi connectivity index (χ1n) is 9.71. The highest BCUT2D eigenvalue weighted by Gasteiger charge is 2.66. The molecule has 0 aromatic carbocycles. The fourth-order valence-electron chi connectivity index (χ4n) is 7.23. The van der Waals surface area contributed by atoms with Crippen LogP contribution in [-0.4, -0.2) is 23.4 Å². The van der Waals surface area contributed by atoms with Gasteiger partial charge in [0, 0.05) is 11.8 Å². The molecule has 1 aliphatic heterocycles. The van der Waals surface area contributed by atoms with Gasteiger partial charge >= 0.3 is 0 Å². The molecule has 0 amide bonds. The van der Waals surface area contributed by atoms with Gasteiger partial charge in [-0.2, -0.15) is 0 Å². The molecule has 2 heteroatoms. The van der Waals surface area contributed by atoms with E-state index in [4.69, 9.17) is 4.74 Å². The zero-order valence-electron chi connectivity index (χ0n) is 14.6. The lowest BCUT2D eigenvalue weighted by Crippen LogP contribution is -2.58. The largest absolute Gasteiger partial charge is 0.389 e. The zero-order valence-corrected chi connectivity index (χ0v) is 14.6. The van der Waals surface area contributed by atoms with E-state index in [1.54, 1.807) is 0 Å². The van der Waals surface area contributed by atoms with E-state index in [1.165, 1.54) is 37.7 Å². The molecule has 2 saturated carbocycles. The Bertz CT molecular complexity index is 587. The highest BCUT2D eigenvalue weighted by Crippen LogP contribution is 2.69. The maximum Gasteiger partial charge on any atom is 0.0760 e. The summed E-state index contributed by atoms with van der Waals surface area (Å²) in [6.07, 6.45) is 15.4. The number of hydrogen-bond donors (Lipinski definition) is 1. The second kappa shape index (κ2) is 4.52. The molecule has 126 valence electrons. The summed E-state index contributed by atoms with van der Waals surface area (Å²) in [7, 11) is 0. The van der Waals surface area contributed by atoms with Crippen LogP contribution >= 0.6 is 0 Å². The van der Waals surface area contributed by atoms with Crippen LogP contribution in [0.5, 0.6) is 0 Å². The number of hydrogen-bond acceptors (Lipinski definition) is 2. The van der Waals surface area contributed by atoms with Gasteiger partial charge < -0.3 is 9.84 Å². The van der Waals surface area contributed by atoms with E-state index in [1.807, 2.05) is 0 Å². The summed E-state index contributed by atoms with van der Waals surface area (Å²) in [6.45, 7) is 5.99. The molecule has 4 aliphatic carbocycles. The van der Waals surface area contributed by atoms with Gasteiger partial charge in [-0.05, 0) is 67.3 Å². The molecule has 3 fully saturated rings. The van der Waals surface area contributed by atoms with Gasteiger partial charge in [0.25, 0.3) is 0 Å². The minimum absolute atomic E-state index is 0.219. The summed E-state index contributed by atoms with van der Waals surface area (Å²) < 4.78 is 6.21. The second-order valence-corrected chi connectivity index (χ2v) is 9.38. The molecule has 1 spiro atoms. The van der Waals surface area contributed by atoms with Crippen molar-refractivity contribution in [2.75, 3.05) is 6.61 Å². The van der Waals surface area contributed by atoms with Crippen LogP contribution in [0.2, 0.25) is 0 Å². The topological polar surface area (TPSA) is 29.5 Å². The monoisotopic (exact) mass is 314 g/mol. The Kier molecular flexibility index (Phi) is 2.89. The lowest BCUT2D eigenvalue weighted by molar-refractivity contribution is -0.223.